The standard InChI is InChI=1S/C38H18BN3O3/c40-19-21-12-30-36-32(14-21)44-34-17-24(18-35-38(34)39(36)37-31(43-30)13-22(20-41)15-33(37)45-35)23-6-5-7-25(16-23)42-28-10-3-1-8-26(28)27-9-2-4-11-29(27)42/h1-18H. The monoisotopic (exact) mass is 575 g/mol. The van der Waals surface area contributed by atoms with E-state index in [1.165, 1.54) is 10.8 Å². The molecule has 0 spiro atoms. The third-order valence-electron chi connectivity index (χ3n) is 9.11. The molecule has 0 fully saturated rings. The lowest BCUT2D eigenvalue weighted by Crippen LogP contribution is -2.59. The van der Waals surface area contributed by atoms with Gasteiger partial charge in [-0.3, -0.25) is 0 Å². The van der Waals surface area contributed by atoms with E-state index in [-0.39, 0.29) is 6.71 Å². The quantitative estimate of drug-likeness (QED) is 0.207. The molecule has 6 nitrogen and oxygen atoms in total. The molecule has 0 N–H and O–H groups in total. The molecule has 10 rings (SSSR count). The summed E-state index contributed by atoms with van der Waals surface area (Å²) in [6, 6.07) is 41.0. The van der Waals surface area contributed by atoms with Gasteiger partial charge in [-0.15, -0.1) is 0 Å². The van der Waals surface area contributed by atoms with Crippen molar-refractivity contribution in [3.8, 4) is 63.4 Å². The summed E-state index contributed by atoms with van der Waals surface area (Å²) in [7, 11) is 0. The zero-order chi connectivity index (χ0) is 29.8. The van der Waals surface area contributed by atoms with E-state index in [0.717, 1.165) is 44.2 Å². The van der Waals surface area contributed by atoms with Crippen molar-refractivity contribution in [3.63, 3.8) is 0 Å². The zero-order valence-electron chi connectivity index (χ0n) is 23.5. The van der Waals surface area contributed by atoms with Gasteiger partial charge in [-0.1, -0.05) is 48.5 Å². The van der Waals surface area contributed by atoms with Gasteiger partial charge in [0.15, 0.2) is 0 Å². The van der Waals surface area contributed by atoms with Crippen LogP contribution in [0.25, 0.3) is 38.6 Å². The lowest BCUT2D eigenvalue weighted by molar-refractivity contribution is 0.442. The van der Waals surface area contributed by atoms with Gasteiger partial charge < -0.3 is 18.8 Å². The van der Waals surface area contributed by atoms with E-state index in [9.17, 15) is 10.5 Å². The summed E-state index contributed by atoms with van der Waals surface area (Å²) in [5, 5.41) is 22.0. The number of aromatic nitrogens is 1. The van der Waals surface area contributed by atoms with Crippen molar-refractivity contribution in [3.05, 3.63) is 120 Å². The number of rotatable bonds is 2. The summed E-state index contributed by atoms with van der Waals surface area (Å²) < 4.78 is 21.7. The average molecular weight is 575 g/mol. The molecule has 7 aromatic rings. The molecule has 6 aromatic carbocycles. The summed E-state index contributed by atoms with van der Waals surface area (Å²) in [5.74, 6) is 3.64. The Kier molecular flexibility index (Phi) is 4.58. The molecule has 3 aliphatic heterocycles. The van der Waals surface area contributed by atoms with Crippen molar-refractivity contribution in [1.82, 2.24) is 4.57 Å². The van der Waals surface area contributed by atoms with Crippen LogP contribution in [0, 0.1) is 22.7 Å². The first-order valence-corrected chi connectivity index (χ1v) is 14.6. The minimum atomic E-state index is -0.209. The van der Waals surface area contributed by atoms with Gasteiger partial charge in [-0.25, -0.2) is 0 Å². The summed E-state index contributed by atoms with van der Waals surface area (Å²) in [4.78, 5) is 0. The second kappa shape index (κ2) is 8.57. The molecule has 0 saturated heterocycles. The molecule has 0 aliphatic carbocycles. The molecule has 1 aromatic heterocycles. The van der Waals surface area contributed by atoms with Crippen molar-refractivity contribution in [2.24, 2.45) is 0 Å². The van der Waals surface area contributed by atoms with E-state index in [0.29, 0.717) is 45.6 Å². The molecular weight excluding hydrogens is 557 g/mol. The Morgan fingerprint density at radius 1 is 0.489 bits per heavy atom. The average Bonchev–Trinajstić information content (AvgIpc) is 3.42. The lowest BCUT2D eigenvalue weighted by atomic mass is 9.33. The molecule has 206 valence electrons. The Bertz CT molecular complexity index is 2420. The van der Waals surface area contributed by atoms with Crippen molar-refractivity contribution in [2.75, 3.05) is 0 Å². The molecule has 4 heterocycles. The van der Waals surface area contributed by atoms with Crippen LogP contribution in [0.2, 0.25) is 0 Å². The van der Waals surface area contributed by atoms with Crippen LogP contribution in [0.1, 0.15) is 11.1 Å². The van der Waals surface area contributed by atoms with E-state index in [1.807, 2.05) is 0 Å². The normalized spacial score (nSPS) is 12.9. The van der Waals surface area contributed by atoms with Crippen molar-refractivity contribution in [1.29, 1.82) is 10.5 Å². The summed E-state index contributed by atoms with van der Waals surface area (Å²) in [6.45, 7) is -0.209. The van der Waals surface area contributed by atoms with Crippen LogP contribution in [-0.4, -0.2) is 11.3 Å². The maximum atomic E-state index is 9.77. The molecule has 0 unspecified atom stereocenters. The highest BCUT2D eigenvalue weighted by Gasteiger charge is 2.47. The molecule has 3 aliphatic rings. The highest BCUT2D eigenvalue weighted by Crippen LogP contribution is 2.44. The number of ether oxygens (including phenoxy) is 3. The van der Waals surface area contributed by atoms with Gasteiger partial charge in [0.2, 0.25) is 0 Å². The molecule has 0 bridgehead atoms. The highest BCUT2D eigenvalue weighted by atomic mass is 16.5. The number of hydrogen-bond acceptors (Lipinski definition) is 5. The van der Waals surface area contributed by atoms with E-state index < -0.39 is 0 Å². The van der Waals surface area contributed by atoms with Crippen LogP contribution >= 0.6 is 0 Å². The Hall–Kier alpha value is -6.44. The largest absolute Gasteiger partial charge is 0.458 e. The number of nitriles is 2. The van der Waals surface area contributed by atoms with Crippen molar-refractivity contribution in [2.45, 2.75) is 0 Å². The minimum Gasteiger partial charge on any atom is -0.458 e. The highest BCUT2D eigenvalue weighted by molar-refractivity contribution is 6.99. The van der Waals surface area contributed by atoms with Crippen molar-refractivity contribution < 1.29 is 14.2 Å². The zero-order valence-corrected chi connectivity index (χ0v) is 23.5. The molecule has 45 heavy (non-hydrogen) atoms. The van der Waals surface area contributed by atoms with E-state index in [2.05, 4.69) is 102 Å². The predicted octanol–water partition coefficient (Wildman–Crippen LogP) is 7.03. The second-order valence-corrected chi connectivity index (χ2v) is 11.5. The minimum absolute atomic E-state index is 0.209. The van der Waals surface area contributed by atoms with Crippen LogP contribution in [0.4, 0.5) is 0 Å². The molecule has 0 radical (unpaired) electrons. The summed E-state index contributed by atoms with van der Waals surface area (Å²) in [6.07, 6.45) is 0. The lowest BCUT2D eigenvalue weighted by Gasteiger charge is -2.37. The molecule has 0 amide bonds. The number of fused-ring (bicyclic) bond motifs is 3. The molecular formula is C38H18BN3O3. The van der Waals surface area contributed by atoms with Crippen molar-refractivity contribution >= 4 is 44.9 Å². The van der Waals surface area contributed by atoms with Crippen LogP contribution in [0.3, 0.4) is 0 Å². The molecule has 0 atom stereocenters. The van der Waals surface area contributed by atoms with Gasteiger partial charge in [0.05, 0.1) is 34.3 Å². The Morgan fingerprint density at radius 2 is 0.956 bits per heavy atom. The smallest absolute Gasteiger partial charge is 0.270 e. The fourth-order valence-corrected chi connectivity index (χ4v) is 7.27. The Balaban J connectivity index is 1.19. The Labute approximate surface area is 257 Å². The number of benzene rings is 6. The first-order valence-electron chi connectivity index (χ1n) is 14.6. The number of nitrogens with zero attached hydrogens (tertiary/aromatic N) is 3. The van der Waals surface area contributed by atoms with Crippen LogP contribution < -0.4 is 30.6 Å². The summed E-state index contributed by atoms with van der Waals surface area (Å²) in [5.41, 5.74) is 8.79. The van der Waals surface area contributed by atoms with Crippen LogP contribution in [-0.2, 0) is 0 Å². The van der Waals surface area contributed by atoms with Crippen LogP contribution in [0.5, 0.6) is 34.5 Å². The number of hydrogen-bond donors (Lipinski definition) is 0. The second-order valence-electron chi connectivity index (χ2n) is 11.5. The maximum Gasteiger partial charge on any atom is 0.270 e. The topological polar surface area (TPSA) is 80.2 Å². The summed E-state index contributed by atoms with van der Waals surface area (Å²) >= 11 is 0. The third-order valence-corrected chi connectivity index (χ3v) is 9.11. The predicted molar refractivity (Wildman–Crippen MR) is 173 cm³/mol. The Morgan fingerprint density at radius 3 is 1.44 bits per heavy atom. The van der Waals surface area contributed by atoms with Gasteiger partial charge in [-0.2, -0.15) is 10.5 Å². The number of para-hydroxylation sites is 2. The fraction of sp³-hybridized carbons (Fsp3) is 0. The van der Waals surface area contributed by atoms with E-state index in [4.69, 9.17) is 14.2 Å². The first-order chi connectivity index (χ1) is 22.2. The van der Waals surface area contributed by atoms with E-state index >= 15 is 0 Å². The van der Waals surface area contributed by atoms with Gasteiger partial charge in [-0.05, 0) is 71.8 Å². The van der Waals surface area contributed by atoms with Crippen LogP contribution in [0.15, 0.2) is 109 Å². The molecule has 0 saturated carbocycles. The maximum absolute atomic E-state index is 9.77. The molecule has 7 heteroatoms. The van der Waals surface area contributed by atoms with E-state index in [1.54, 1.807) is 24.3 Å². The first kappa shape index (κ1) is 24.1. The van der Waals surface area contributed by atoms with Gasteiger partial charge in [0.1, 0.15) is 34.5 Å². The van der Waals surface area contributed by atoms with Gasteiger partial charge >= 0.3 is 0 Å². The van der Waals surface area contributed by atoms with Gasteiger partial charge in [0, 0.05) is 32.8 Å². The fourth-order valence-electron chi connectivity index (χ4n) is 7.27. The van der Waals surface area contributed by atoms with Gasteiger partial charge in [0.25, 0.3) is 6.71 Å². The SMILES string of the molecule is N#Cc1cc2c3c(c1)Oc1cc(-c4cccc(-n5c6ccccc6c6ccccc65)c4)cc4c1B3c1c(cc(C#N)cc1O4)O2. The third kappa shape index (κ3) is 3.22.